The molecule has 0 amide bonds. The van der Waals surface area contributed by atoms with Crippen LogP contribution in [0.25, 0.3) is 0 Å². The van der Waals surface area contributed by atoms with Gasteiger partial charge in [0.05, 0.1) is 13.2 Å². The van der Waals surface area contributed by atoms with Gasteiger partial charge in [-0.2, -0.15) is 0 Å². The second-order valence-corrected chi connectivity index (χ2v) is 5.36. The van der Waals surface area contributed by atoms with Crippen LogP contribution >= 0.6 is 15.9 Å². The minimum absolute atomic E-state index is 0.153. The first-order valence-corrected chi connectivity index (χ1v) is 6.97. The van der Waals surface area contributed by atoms with Gasteiger partial charge in [0, 0.05) is 10.0 Å². The predicted octanol–water partition coefficient (Wildman–Crippen LogP) is 3.34. The Morgan fingerprint density at radius 1 is 1.30 bits per heavy atom. The van der Waals surface area contributed by atoms with Crippen LogP contribution in [0, 0.1) is 5.82 Å². The van der Waals surface area contributed by atoms with E-state index >= 15 is 0 Å². The van der Waals surface area contributed by atoms with Crippen LogP contribution in [0.3, 0.4) is 0 Å². The average Bonchev–Trinajstić information content (AvgIpc) is 2.43. The highest BCUT2D eigenvalue weighted by Crippen LogP contribution is 2.27. The summed E-state index contributed by atoms with van der Waals surface area (Å²) in [5.41, 5.74) is 4.56. The Hall–Kier alpha value is -1.43. The molecule has 2 aromatic rings. The summed E-state index contributed by atoms with van der Waals surface area (Å²) in [6.45, 7) is 0. The number of hydrazine groups is 1. The third-order valence-corrected chi connectivity index (χ3v) is 3.54. The summed E-state index contributed by atoms with van der Waals surface area (Å²) < 4.78 is 19.5. The van der Waals surface area contributed by atoms with Crippen LogP contribution in [-0.4, -0.2) is 7.11 Å². The number of para-hydroxylation sites is 1. The lowest BCUT2D eigenvalue weighted by Crippen LogP contribution is -2.30. The first-order valence-electron chi connectivity index (χ1n) is 6.18. The molecule has 1 unspecified atom stereocenters. The highest BCUT2D eigenvalue weighted by atomic mass is 79.9. The van der Waals surface area contributed by atoms with E-state index in [-0.39, 0.29) is 11.9 Å². The second-order valence-electron chi connectivity index (χ2n) is 4.44. The molecule has 20 heavy (non-hydrogen) atoms. The fraction of sp³-hybridized carbons (Fsp3) is 0.200. The lowest BCUT2D eigenvalue weighted by atomic mass is 9.98. The van der Waals surface area contributed by atoms with Crippen LogP contribution in [0.15, 0.2) is 46.9 Å². The lowest BCUT2D eigenvalue weighted by molar-refractivity contribution is 0.399. The molecule has 0 aliphatic heterocycles. The zero-order valence-corrected chi connectivity index (χ0v) is 12.7. The van der Waals surface area contributed by atoms with Crippen molar-refractivity contribution in [3.63, 3.8) is 0 Å². The molecular weight excluding hydrogens is 323 g/mol. The summed E-state index contributed by atoms with van der Waals surface area (Å²) in [5.74, 6) is 6.12. The summed E-state index contributed by atoms with van der Waals surface area (Å²) in [6, 6.07) is 12.3. The maximum Gasteiger partial charge on any atom is 0.124 e. The molecule has 0 fully saturated rings. The van der Waals surface area contributed by atoms with Crippen molar-refractivity contribution in [2.45, 2.75) is 12.5 Å². The molecule has 1 atom stereocenters. The van der Waals surface area contributed by atoms with Gasteiger partial charge in [0.2, 0.25) is 0 Å². The van der Waals surface area contributed by atoms with Gasteiger partial charge >= 0.3 is 0 Å². The van der Waals surface area contributed by atoms with Crippen molar-refractivity contribution < 1.29 is 9.13 Å². The molecule has 0 aromatic heterocycles. The number of halogens is 2. The van der Waals surface area contributed by atoms with Gasteiger partial charge < -0.3 is 4.74 Å². The van der Waals surface area contributed by atoms with Crippen LogP contribution in [0.5, 0.6) is 5.75 Å². The van der Waals surface area contributed by atoms with Crippen molar-refractivity contribution in [1.82, 2.24) is 5.43 Å². The predicted molar refractivity (Wildman–Crippen MR) is 80.9 cm³/mol. The van der Waals surface area contributed by atoms with Crippen molar-refractivity contribution in [3.8, 4) is 5.75 Å². The minimum Gasteiger partial charge on any atom is -0.496 e. The third kappa shape index (κ3) is 3.56. The Bertz CT molecular complexity index is 572. The summed E-state index contributed by atoms with van der Waals surface area (Å²) in [6.07, 6.45) is 0.563. The van der Waals surface area contributed by atoms with E-state index in [2.05, 4.69) is 21.4 Å². The smallest absolute Gasteiger partial charge is 0.124 e. The van der Waals surface area contributed by atoms with E-state index in [0.29, 0.717) is 10.9 Å². The molecule has 0 saturated carbocycles. The normalized spacial score (nSPS) is 12.2. The number of ether oxygens (including phenoxy) is 1. The molecule has 3 N–H and O–H groups in total. The van der Waals surface area contributed by atoms with Crippen molar-refractivity contribution in [2.75, 3.05) is 7.11 Å². The maximum absolute atomic E-state index is 13.4. The van der Waals surface area contributed by atoms with Gasteiger partial charge in [-0.25, -0.2) is 4.39 Å². The summed E-state index contributed by atoms with van der Waals surface area (Å²) in [5, 5.41) is 0. The lowest BCUT2D eigenvalue weighted by Gasteiger charge is -2.19. The van der Waals surface area contributed by atoms with Gasteiger partial charge in [0.1, 0.15) is 11.6 Å². The molecule has 5 heteroatoms. The van der Waals surface area contributed by atoms with Gasteiger partial charge in [-0.05, 0) is 36.2 Å². The first-order chi connectivity index (χ1) is 9.63. The molecule has 3 nitrogen and oxygen atoms in total. The minimum atomic E-state index is -0.273. The fourth-order valence-electron chi connectivity index (χ4n) is 2.18. The molecule has 0 radical (unpaired) electrons. The molecule has 0 aliphatic carbocycles. The first kappa shape index (κ1) is 15.0. The van der Waals surface area contributed by atoms with Crippen molar-refractivity contribution in [1.29, 1.82) is 0 Å². The van der Waals surface area contributed by atoms with Crippen LogP contribution in [-0.2, 0) is 6.42 Å². The number of hydrogen-bond donors (Lipinski definition) is 2. The Kier molecular flexibility index (Phi) is 5.11. The fourth-order valence-corrected chi connectivity index (χ4v) is 2.69. The van der Waals surface area contributed by atoms with Crippen molar-refractivity contribution >= 4 is 15.9 Å². The molecule has 0 spiro atoms. The number of nitrogens with one attached hydrogen (secondary N) is 1. The van der Waals surface area contributed by atoms with E-state index in [4.69, 9.17) is 10.6 Å². The van der Waals surface area contributed by atoms with Crippen LogP contribution in [0.1, 0.15) is 17.2 Å². The molecule has 106 valence electrons. The Balaban J connectivity index is 2.28. The van der Waals surface area contributed by atoms with E-state index in [1.807, 2.05) is 30.3 Å². The molecule has 0 saturated heterocycles. The summed E-state index contributed by atoms with van der Waals surface area (Å²) in [4.78, 5) is 0. The zero-order chi connectivity index (χ0) is 14.5. The van der Waals surface area contributed by atoms with Crippen LogP contribution in [0.4, 0.5) is 4.39 Å². The monoisotopic (exact) mass is 338 g/mol. The number of methoxy groups -OCH3 is 1. The van der Waals surface area contributed by atoms with E-state index in [1.165, 1.54) is 12.1 Å². The molecule has 0 bridgehead atoms. The summed E-state index contributed by atoms with van der Waals surface area (Å²) in [7, 11) is 1.62. The molecule has 0 heterocycles. The standard InChI is InChI=1S/C15H16BrFN2O/c1-20-15-5-3-2-4-13(15)14(19-18)8-10-6-11(16)9-12(17)7-10/h2-7,9,14,19H,8,18H2,1H3. The largest absolute Gasteiger partial charge is 0.496 e. The van der Waals surface area contributed by atoms with Gasteiger partial charge in [0.25, 0.3) is 0 Å². The van der Waals surface area contributed by atoms with Gasteiger partial charge in [-0.3, -0.25) is 11.3 Å². The average molecular weight is 339 g/mol. The Labute approximate surface area is 126 Å². The number of rotatable bonds is 5. The molecule has 0 aliphatic rings. The van der Waals surface area contributed by atoms with Crippen molar-refractivity contribution in [2.24, 2.45) is 5.84 Å². The van der Waals surface area contributed by atoms with E-state index in [0.717, 1.165) is 16.9 Å². The third-order valence-electron chi connectivity index (χ3n) is 3.08. The Morgan fingerprint density at radius 3 is 2.70 bits per heavy atom. The zero-order valence-electron chi connectivity index (χ0n) is 11.1. The number of nitrogens with two attached hydrogens (primary N) is 1. The molecular formula is C15H16BrFN2O. The number of hydrogen-bond acceptors (Lipinski definition) is 3. The highest BCUT2D eigenvalue weighted by molar-refractivity contribution is 9.10. The molecule has 2 rings (SSSR count). The SMILES string of the molecule is COc1ccccc1C(Cc1cc(F)cc(Br)c1)NN. The van der Waals surface area contributed by atoms with E-state index in [1.54, 1.807) is 7.11 Å². The van der Waals surface area contributed by atoms with Crippen LogP contribution in [0.2, 0.25) is 0 Å². The van der Waals surface area contributed by atoms with Crippen molar-refractivity contribution in [3.05, 3.63) is 63.9 Å². The Morgan fingerprint density at radius 2 is 2.05 bits per heavy atom. The highest BCUT2D eigenvalue weighted by Gasteiger charge is 2.15. The van der Waals surface area contributed by atoms with Gasteiger partial charge in [0.15, 0.2) is 0 Å². The van der Waals surface area contributed by atoms with Gasteiger partial charge in [-0.15, -0.1) is 0 Å². The number of benzene rings is 2. The van der Waals surface area contributed by atoms with Crippen LogP contribution < -0.4 is 16.0 Å². The van der Waals surface area contributed by atoms with E-state index < -0.39 is 0 Å². The second kappa shape index (κ2) is 6.83. The topological polar surface area (TPSA) is 47.3 Å². The van der Waals surface area contributed by atoms with Gasteiger partial charge in [-0.1, -0.05) is 34.1 Å². The molecule has 2 aromatic carbocycles. The van der Waals surface area contributed by atoms with E-state index in [9.17, 15) is 4.39 Å². The summed E-state index contributed by atoms with van der Waals surface area (Å²) >= 11 is 3.29. The maximum atomic E-state index is 13.4. The quantitative estimate of drug-likeness (QED) is 0.649.